The molecule has 2 aromatic carbocycles. The van der Waals surface area contributed by atoms with E-state index >= 15 is 0 Å². The Morgan fingerprint density at radius 3 is 2.24 bits per heavy atom. The van der Waals surface area contributed by atoms with Gasteiger partial charge in [-0.15, -0.1) is 0 Å². The first kappa shape index (κ1) is 16.5. The summed E-state index contributed by atoms with van der Waals surface area (Å²) in [5.74, 6) is 0. The van der Waals surface area contributed by atoms with Crippen LogP contribution < -0.4 is 4.72 Å². The summed E-state index contributed by atoms with van der Waals surface area (Å²) in [5.41, 5.74) is 1.30. The lowest BCUT2D eigenvalue weighted by Gasteiger charge is -2.27. The Kier molecular flexibility index (Phi) is 4.75. The number of hydrogen-bond donors (Lipinski definition) is 1. The molecule has 0 bridgehead atoms. The van der Waals surface area contributed by atoms with Crippen molar-refractivity contribution in [2.24, 2.45) is 0 Å². The molecule has 0 saturated heterocycles. The van der Waals surface area contributed by atoms with Gasteiger partial charge in [0.1, 0.15) is 0 Å². The molecule has 3 nitrogen and oxygen atoms in total. The summed E-state index contributed by atoms with van der Waals surface area (Å²) in [6, 6.07) is 14.9. The first-order chi connectivity index (χ1) is 9.72. The molecular formula is C16H18INO2S. The van der Waals surface area contributed by atoms with Crippen LogP contribution in [0.15, 0.2) is 53.4 Å². The monoisotopic (exact) mass is 415 g/mol. The van der Waals surface area contributed by atoms with Gasteiger partial charge in [-0.2, -0.15) is 0 Å². The molecule has 0 amide bonds. The van der Waals surface area contributed by atoms with E-state index in [1.165, 1.54) is 0 Å². The maximum atomic E-state index is 12.6. The standard InChI is InChI=1S/C16H18INO2S/c1-12-9-10-15(14(17)11-12)21(19,20)18-16(2,3)13-7-5-4-6-8-13/h4-11,18H,1-3H3. The summed E-state index contributed by atoms with van der Waals surface area (Å²) in [6.45, 7) is 5.67. The van der Waals surface area contributed by atoms with E-state index in [0.717, 1.165) is 14.7 Å². The van der Waals surface area contributed by atoms with Gasteiger partial charge in [0.25, 0.3) is 0 Å². The Bertz CT molecular complexity index is 740. The zero-order chi connectivity index (χ0) is 15.7. The highest BCUT2D eigenvalue weighted by atomic mass is 127. The number of benzene rings is 2. The molecule has 0 heterocycles. The summed E-state index contributed by atoms with van der Waals surface area (Å²) in [4.78, 5) is 0.317. The molecule has 0 aliphatic heterocycles. The SMILES string of the molecule is Cc1ccc(S(=O)(=O)NC(C)(C)c2ccccc2)c(I)c1. The van der Waals surface area contributed by atoms with Gasteiger partial charge < -0.3 is 0 Å². The van der Waals surface area contributed by atoms with E-state index in [4.69, 9.17) is 0 Å². The maximum absolute atomic E-state index is 12.6. The van der Waals surface area contributed by atoms with Crippen LogP contribution in [0.5, 0.6) is 0 Å². The second kappa shape index (κ2) is 6.06. The van der Waals surface area contributed by atoms with Gasteiger partial charge in [-0.25, -0.2) is 13.1 Å². The van der Waals surface area contributed by atoms with Crippen molar-refractivity contribution in [3.05, 3.63) is 63.2 Å². The average Bonchev–Trinajstić information content (AvgIpc) is 2.38. The fourth-order valence-corrected chi connectivity index (χ4v) is 5.13. The molecule has 2 aromatic rings. The van der Waals surface area contributed by atoms with E-state index in [2.05, 4.69) is 27.3 Å². The molecule has 5 heteroatoms. The van der Waals surface area contributed by atoms with Crippen LogP contribution in [0.3, 0.4) is 0 Å². The third kappa shape index (κ3) is 3.84. The van der Waals surface area contributed by atoms with Crippen molar-refractivity contribution >= 4 is 32.6 Å². The molecule has 0 spiro atoms. The minimum absolute atomic E-state index is 0.317. The molecule has 2 rings (SSSR count). The first-order valence-corrected chi connectivity index (χ1v) is 9.14. The van der Waals surface area contributed by atoms with Crippen LogP contribution in [0.1, 0.15) is 25.0 Å². The number of halogens is 1. The van der Waals surface area contributed by atoms with Crippen LogP contribution in [-0.4, -0.2) is 8.42 Å². The third-order valence-corrected chi connectivity index (χ3v) is 6.23. The van der Waals surface area contributed by atoms with Gasteiger partial charge in [0.05, 0.1) is 10.4 Å². The lowest BCUT2D eigenvalue weighted by Crippen LogP contribution is -2.41. The predicted molar refractivity (Wildman–Crippen MR) is 93.7 cm³/mol. The maximum Gasteiger partial charge on any atom is 0.242 e. The second-order valence-corrected chi connectivity index (χ2v) is 8.34. The highest BCUT2D eigenvalue weighted by molar-refractivity contribution is 14.1. The summed E-state index contributed by atoms with van der Waals surface area (Å²) < 4.78 is 28.8. The third-order valence-electron chi connectivity index (χ3n) is 3.26. The highest BCUT2D eigenvalue weighted by Gasteiger charge is 2.28. The predicted octanol–water partition coefficient (Wildman–Crippen LogP) is 3.81. The zero-order valence-corrected chi connectivity index (χ0v) is 15.2. The van der Waals surface area contributed by atoms with Crippen LogP contribution in [0.4, 0.5) is 0 Å². The van der Waals surface area contributed by atoms with Gasteiger partial charge in [0.15, 0.2) is 0 Å². The van der Waals surface area contributed by atoms with E-state index in [-0.39, 0.29) is 0 Å². The molecular weight excluding hydrogens is 397 g/mol. The molecule has 0 unspecified atom stereocenters. The number of aryl methyl sites for hydroxylation is 1. The molecule has 21 heavy (non-hydrogen) atoms. The fraction of sp³-hybridized carbons (Fsp3) is 0.250. The van der Waals surface area contributed by atoms with Crippen molar-refractivity contribution in [3.63, 3.8) is 0 Å². The van der Waals surface area contributed by atoms with E-state index in [0.29, 0.717) is 4.90 Å². The second-order valence-electron chi connectivity index (χ2n) is 5.53. The molecule has 112 valence electrons. The van der Waals surface area contributed by atoms with Gasteiger partial charge >= 0.3 is 0 Å². The number of hydrogen-bond acceptors (Lipinski definition) is 2. The summed E-state index contributed by atoms with van der Waals surface area (Å²) >= 11 is 2.06. The van der Waals surface area contributed by atoms with E-state index in [1.54, 1.807) is 6.07 Å². The van der Waals surface area contributed by atoms with Crippen LogP contribution in [0.25, 0.3) is 0 Å². The van der Waals surface area contributed by atoms with Crippen molar-refractivity contribution in [2.75, 3.05) is 0 Å². The van der Waals surface area contributed by atoms with Gasteiger partial charge in [0.2, 0.25) is 10.0 Å². The molecule has 0 saturated carbocycles. The topological polar surface area (TPSA) is 46.2 Å². The summed E-state index contributed by atoms with van der Waals surface area (Å²) in [7, 11) is -3.57. The number of sulfonamides is 1. The van der Waals surface area contributed by atoms with Gasteiger partial charge in [0, 0.05) is 3.57 Å². The summed E-state index contributed by atoms with van der Waals surface area (Å²) in [5, 5.41) is 0. The fourth-order valence-electron chi connectivity index (χ4n) is 2.13. The average molecular weight is 415 g/mol. The molecule has 0 aliphatic rings. The van der Waals surface area contributed by atoms with Crippen molar-refractivity contribution in [2.45, 2.75) is 31.2 Å². The van der Waals surface area contributed by atoms with Gasteiger partial charge in [-0.1, -0.05) is 36.4 Å². The van der Waals surface area contributed by atoms with Crippen LogP contribution in [-0.2, 0) is 15.6 Å². The van der Waals surface area contributed by atoms with Gasteiger partial charge in [-0.3, -0.25) is 0 Å². The van der Waals surface area contributed by atoms with Crippen LogP contribution >= 0.6 is 22.6 Å². The van der Waals surface area contributed by atoms with Crippen molar-refractivity contribution in [1.29, 1.82) is 0 Å². The lowest BCUT2D eigenvalue weighted by molar-refractivity contribution is 0.472. The Labute approximate surface area is 140 Å². The zero-order valence-electron chi connectivity index (χ0n) is 12.2. The Morgan fingerprint density at radius 1 is 1.05 bits per heavy atom. The minimum Gasteiger partial charge on any atom is -0.207 e. The molecule has 0 atom stereocenters. The summed E-state index contributed by atoms with van der Waals surface area (Å²) in [6.07, 6.45) is 0. The number of rotatable bonds is 4. The Balaban J connectivity index is 2.37. The van der Waals surface area contributed by atoms with Crippen molar-refractivity contribution in [1.82, 2.24) is 4.72 Å². The molecule has 0 aromatic heterocycles. The molecule has 0 fully saturated rings. The van der Waals surface area contributed by atoms with Gasteiger partial charge in [-0.05, 0) is 66.6 Å². The normalized spacial score (nSPS) is 12.4. The lowest BCUT2D eigenvalue weighted by atomic mass is 9.96. The smallest absolute Gasteiger partial charge is 0.207 e. The molecule has 0 radical (unpaired) electrons. The van der Waals surface area contributed by atoms with Crippen LogP contribution in [0.2, 0.25) is 0 Å². The van der Waals surface area contributed by atoms with E-state index < -0.39 is 15.6 Å². The number of nitrogens with one attached hydrogen (secondary N) is 1. The minimum atomic E-state index is -3.57. The van der Waals surface area contributed by atoms with Crippen LogP contribution in [0, 0.1) is 10.5 Å². The van der Waals surface area contributed by atoms with Crippen molar-refractivity contribution < 1.29 is 8.42 Å². The van der Waals surface area contributed by atoms with E-state index in [1.807, 2.05) is 63.2 Å². The quantitative estimate of drug-likeness (QED) is 0.772. The van der Waals surface area contributed by atoms with E-state index in [9.17, 15) is 8.42 Å². The molecule has 0 aliphatic carbocycles. The molecule has 1 N–H and O–H groups in total. The first-order valence-electron chi connectivity index (χ1n) is 6.58. The largest absolute Gasteiger partial charge is 0.242 e. The highest BCUT2D eigenvalue weighted by Crippen LogP contribution is 2.25. The Morgan fingerprint density at radius 2 is 1.67 bits per heavy atom. The Hall–Kier alpha value is -0.920. The van der Waals surface area contributed by atoms with Crippen molar-refractivity contribution in [3.8, 4) is 0 Å².